The van der Waals surface area contributed by atoms with Crippen LogP contribution in [0.1, 0.15) is 67.2 Å². The van der Waals surface area contributed by atoms with Gasteiger partial charge in [-0.2, -0.15) is 0 Å². The van der Waals surface area contributed by atoms with Gasteiger partial charge in [0.25, 0.3) is 11.8 Å². The fourth-order valence-corrected chi connectivity index (χ4v) is 3.06. The maximum atomic E-state index is 12.5. The van der Waals surface area contributed by atoms with Crippen LogP contribution >= 0.6 is 0 Å². The molecule has 0 bridgehead atoms. The van der Waals surface area contributed by atoms with Gasteiger partial charge in [0.05, 0.1) is 0 Å². The maximum Gasteiger partial charge on any atom is 0.329 e. The third-order valence-corrected chi connectivity index (χ3v) is 4.72. The van der Waals surface area contributed by atoms with Gasteiger partial charge in [-0.25, -0.2) is 4.79 Å². The van der Waals surface area contributed by atoms with Crippen LogP contribution in [-0.4, -0.2) is 34.5 Å². The quantitative estimate of drug-likeness (QED) is 0.763. The minimum absolute atomic E-state index is 0.0274. The molecule has 0 saturated heterocycles. The summed E-state index contributed by atoms with van der Waals surface area (Å²) in [5, 5.41) is 15.1. The zero-order valence-electron chi connectivity index (χ0n) is 15.0. The Morgan fingerprint density at radius 2 is 1.52 bits per heavy atom. The Kier molecular flexibility index (Phi) is 5.82. The van der Waals surface area contributed by atoms with Crippen LogP contribution < -0.4 is 10.6 Å². The summed E-state index contributed by atoms with van der Waals surface area (Å²) >= 11 is 0. The first kappa shape index (κ1) is 19.0. The van der Waals surface area contributed by atoms with Crippen molar-refractivity contribution in [1.82, 2.24) is 10.6 Å². The third-order valence-electron chi connectivity index (χ3n) is 4.72. The smallest absolute Gasteiger partial charge is 0.329 e. The molecule has 0 atom stereocenters. The SMILES string of the molecule is CC1CCC(NC(=O)c2ccc(C(=O)NC(C)C)cc2)(C(=O)O)CC1. The zero-order valence-corrected chi connectivity index (χ0v) is 15.0. The predicted molar refractivity (Wildman–Crippen MR) is 94.5 cm³/mol. The van der Waals surface area contributed by atoms with E-state index in [-0.39, 0.29) is 11.9 Å². The van der Waals surface area contributed by atoms with Crippen molar-refractivity contribution >= 4 is 17.8 Å². The maximum absolute atomic E-state index is 12.5. The molecular formula is C19H26N2O4. The lowest BCUT2D eigenvalue weighted by Gasteiger charge is -2.36. The number of carboxylic acids is 1. The van der Waals surface area contributed by atoms with Gasteiger partial charge in [0.1, 0.15) is 5.54 Å². The van der Waals surface area contributed by atoms with Crippen molar-refractivity contribution in [1.29, 1.82) is 0 Å². The summed E-state index contributed by atoms with van der Waals surface area (Å²) in [6, 6.07) is 6.27. The standard InChI is InChI=1S/C19H26N2O4/c1-12(2)20-16(22)14-4-6-15(7-5-14)17(23)21-19(18(24)25)10-8-13(3)9-11-19/h4-7,12-13H,8-11H2,1-3H3,(H,20,22)(H,21,23)(H,24,25). The summed E-state index contributed by atoms with van der Waals surface area (Å²) in [6.07, 6.45) is 2.43. The number of carboxylic acid groups (broad SMARTS) is 1. The van der Waals surface area contributed by atoms with E-state index in [9.17, 15) is 19.5 Å². The molecule has 25 heavy (non-hydrogen) atoms. The van der Waals surface area contributed by atoms with Crippen LogP contribution in [0.25, 0.3) is 0 Å². The van der Waals surface area contributed by atoms with Crippen LogP contribution in [0.5, 0.6) is 0 Å². The summed E-state index contributed by atoms with van der Waals surface area (Å²) in [7, 11) is 0. The summed E-state index contributed by atoms with van der Waals surface area (Å²) in [5.74, 6) is -1.14. The van der Waals surface area contributed by atoms with Gasteiger partial charge in [-0.15, -0.1) is 0 Å². The van der Waals surface area contributed by atoms with E-state index >= 15 is 0 Å². The third kappa shape index (κ3) is 4.59. The normalized spacial score (nSPS) is 23.1. The molecule has 0 aromatic heterocycles. The Hall–Kier alpha value is -2.37. The molecule has 0 radical (unpaired) electrons. The topological polar surface area (TPSA) is 95.5 Å². The molecule has 1 aliphatic rings. The monoisotopic (exact) mass is 346 g/mol. The lowest BCUT2D eigenvalue weighted by atomic mass is 9.77. The number of nitrogens with one attached hydrogen (secondary N) is 2. The number of hydrogen-bond acceptors (Lipinski definition) is 3. The van der Waals surface area contributed by atoms with E-state index in [0.29, 0.717) is 29.9 Å². The van der Waals surface area contributed by atoms with E-state index in [1.807, 2.05) is 13.8 Å². The first-order chi connectivity index (χ1) is 11.7. The molecular weight excluding hydrogens is 320 g/mol. The Morgan fingerprint density at radius 3 is 1.96 bits per heavy atom. The molecule has 1 aliphatic carbocycles. The largest absolute Gasteiger partial charge is 0.480 e. The van der Waals surface area contributed by atoms with Crippen LogP contribution in [0.4, 0.5) is 0 Å². The van der Waals surface area contributed by atoms with Crippen LogP contribution in [0.2, 0.25) is 0 Å². The highest BCUT2D eigenvalue weighted by Gasteiger charge is 2.42. The molecule has 0 aliphatic heterocycles. The van der Waals surface area contributed by atoms with E-state index in [1.165, 1.54) is 0 Å². The van der Waals surface area contributed by atoms with Crippen molar-refractivity contribution in [3.05, 3.63) is 35.4 Å². The number of rotatable bonds is 5. The summed E-state index contributed by atoms with van der Waals surface area (Å²) in [4.78, 5) is 36.2. The van der Waals surface area contributed by atoms with Gasteiger partial charge in [0.15, 0.2) is 0 Å². The van der Waals surface area contributed by atoms with Crippen molar-refractivity contribution in [3.63, 3.8) is 0 Å². The highest BCUT2D eigenvalue weighted by Crippen LogP contribution is 2.32. The minimum Gasteiger partial charge on any atom is -0.480 e. The minimum atomic E-state index is -1.20. The summed E-state index contributed by atoms with van der Waals surface area (Å²) in [5.41, 5.74) is -0.387. The van der Waals surface area contributed by atoms with Crippen molar-refractivity contribution in [2.24, 2.45) is 5.92 Å². The van der Waals surface area contributed by atoms with Crippen LogP contribution in [0.15, 0.2) is 24.3 Å². The summed E-state index contributed by atoms with van der Waals surface area (Å²) < 4.78 is 0. The first-order valence-corrected chi connectivity index (χ1v) is 8.70. The molecule has 3 N–H and O–H groups in total. The number of carbonyl (C=O) groups excluding carboxylic acids is 2. The fraction of sp³-hybridized carbons (Fsp3) is 0.526. The second kappa shape index (κ2) is 7.68. The lowest BCUT2D eigenvalue weighted by Crippen LogP contribution is -2.56. The van der Waals surface area contributed by atoms with E-state index < -0.39 is 17.4 Å². The Labute approximate surface area is 148 Å². The highest BCUT2D eigenvalue weighted by atomic mass is 16.4. The van der Waals surface area contributed by atoms with Crippen molar-refractivity contribution in [2.45, 2.75) is 58.0 Å². The number of hydrogen-bond donors (Lipinski definition) is 3. The van der Waals surface area contributed by atoms with Crippen LogP contribution in [-0.2, 0) is 4.79 Å². The van der Waals surface area contributed by atoms with E-state index in [1.54, 1.807) is 24.3 Å². The van der Waals surface area contributed by atoms with Gasteiger partial charge in [0.2, 0.25) is 0 Å². The first-order valence-electron chi connectivity index (χ1n) is 8.70. The van der Waals surface area contributed by atoms with Gasteiger partial charge in [-0.05, 0) is 69.7 Å². The van der Waals surface area contributed by atoms with Gasteiger partial charge in [0, 0.05) is 17.2 Å². The van der Waals surface area contributed by atoms with E-state index in [0.717, 1.165) is 12.8 Å². The predicted octanol–water partition coefficient (Wildman–Crippen LogP) is 2.59. The molecule has 0 spiro atoms. The van der Waals surface area contributed by atoms with Gasteiger partial charge in [-0.1, -0.05) is 6.92 Å². The second-order valence-corrected chi connectivity index (χ2v) is 7.23. The molecule has 2 amide bonds. The second-order valence-electron chi connectivity index (χ2n) is 7.23. The molecule has 1 aromatic rings. The number of aliphatic carboxylic acids is 1. The van der Waals surface area contributed by atoms with Crippen molar-refractivity contribution in [3.8, 4) is 0 Å². The lowest BCUT2D eigenvalue weighted by molar-refractivity contribution is -0.146. The van der Waals surface area contributed by atoms with Gasteiger partial charge < -0.3 is 15.7 Å². The van der Waals surface area contributed by atoms with Crippen molar-refractivity contribution < 1.29 is 19.5 Å². The van der Waals surface area contributed by atoms with Crippen LogP contribution in [0, 0.1) is 5.92 Å². The van der Waals surface area contributed by atoms with E-state index in [2.05, 4.69) is 17.6 Å². The molecule has 2 rings (SSSR count). The van der Waals surface area contributed by atoms with Gasteiger partial charge in [-0.3, -0.25) is 9.59 Å². The average molecular weight is 346 g/mol. The van der Waals surface area contributed by atoms with Crippen LogP contribution in [0.3, 0.4) is 0 Å². The number of benzene rings is 1. The Balaban J connectivity index is 2.09. The van der Waals surface area contributed by atoms with E-state index in [4.69, 9.17) is 0 Å². The van der Waals surface area contributed by atoms with Crippen molar-refractivity contribution in [2.75, 3.05) is 0 Å². The number of carbonyl (C=O) groups is 3. The molecule has 0 unspecified atom stereocenters. The zero-order chi connectivity index (χ0) is 18.6. The molecule has 1 saturated carbocycles. The molecule has 136 valence electrons. The summed E-state index contributed by atoms with van der Waals surface area (Å²) in [6.45, 7) is 5.83. The average Bonchev–Trinajstić information content (AvgIpc) is 2.56. The van der Waals surface area contributed by atoms with Gasteiger partial charge >= 0.3 is 5.97 Å². The molecule has 6 nitrogen and oxygen atoms in total. The molecule has 1 aromatic carbocycles. The Morgan fingerprint density at radius 1 is 1.04 bits per heavy atom. The molecule has 1 fully saturated rings. The molecule has 0 heterocycles. The molecule has 6 heteroatoms. The number of amides is 2. The highest BCUT2D eigenvalue weighted by molar-refractivity contribution is 5.99. The Bertz CT molecular complexity index is 644. The fourth-order valence-electron chi connectivity index (χ4n) is 3.06.